The third kappa shape index (κ3) is 1.74. The third-order valence-electron chi connectivity index (χ3n) is 4.42. The number of allylic oxidation sites excluding steroid dienone is 3. The molecule has 2 aliphatic carbocycles. The Morgan fingerprint density at radius 1 is 0.905 bits per heavy atom. The molecule has 2 amide bonds. The summed E-state index contributed by atoms with van der Waals surface area (Å²) in [5.74, 6) is -0.313. The fourth-order valence-electron chi connectivity index (χ4n) is 3.40. The molecule has 0 fully saturated rings. The molecule has 0 aromatic heterocycles. The third-order valence-corrected chi connectivity index (χ3v) is 4.42. The summed E-state index contributed by atoms with van der Waals surface area (Å²) in [6.45, 7) is 0. The van der Waals surface area contributed by atoms with Crippen LogP contribution >= 0.6 is 0 Å². The molecule has 0 atom stereocenters. The molecule has 3 aliphatic rings. The van der Waals surface area contributed by atoms with Gasteiger partial charge in [0.2, 0.25) is 0 Å². The Hall–Kier alpha value is -2.42. The summed E-state index contributed by atoms with van der Waals surface area (Å²) in [6.07, 6.45) is 7.75. The number of amides is 2. The van der Waals surface area contributed by atoms with Gasteiger partial charge in [-0.05, 0) is 43.4 Å². The van der Waals surface area contributed by atoms with Crippen molar-refractivity contribution in [1.82, 2.24) is 0 Å². The van der Waals surface area contributed by atoms with Gasteiger partial charge in [0, 0.05) is 5.57 Å². The molecule has 1 heterocycles. The second-order valence-corrected chi connectivity index (χ2v) is 5.59. The highest BCUT2D eigenvalue weighted by atomic mass is 16.2. The van der Waals surface area contributed by atoms with E-state index in [1.807, 2.05) is 24.3 Å². The molecule has 1 aromatic carbocycles. The molecule has 4 rings (SSSR count). The van der Waals surface area contributed by atoms with E-state index in [1.54, 1.807) is 12.1 Å². The Morgan fingerprint density at radius 2 is 1.71 bits per heavy atom. The van der Waals surface area contributed by atoms with Crippen LogP contribution in [0.5, 0.6) is 0 Å². The minimum absolute atomic E-state index is 0.147. The van der Waals surface area contributed by atoms with Gasteiger partial charge in [-0.3, -0.25) is 9.59 Å². The molecule has 0 unspecified atom stereocenters. The summed E-state index contributed by atoms with van der Waals surface area (Å²) in [7, 11) is 0. The van der Waals surface area contributed by atoms with E-state index in [-0.39, 0.29) is 11.8 Å². The van der Waals surface area contributed by atoms with Gasteiger partial charge in [-0.15, -0.1) is 0 Å². The molecule has 0 saturated carbocycles. The highest BCUT2D eigenvalue weighted by Crippen LogP contribution is 2.41. The zero-order valence-corrected chi connectivity index (χ0v) is 11.6. The Morgan fingerprint density at radius 3 is 2.52 bits per heavy atom. The summed E-state index contributed by atoms with van der Waals surface area (Å²) in [6, 6.07) is 9.18. The summed E-state index contributed by atoms with van der Waals surface area (Å²) in [5, 5.41) is 0. The van der Waals surface area contributed by atoms with Crippen LogP contribution < -0.4 is 4.90 Å². The molecule has 0 N–H and O–H groups in total. The molecule has 0 spiro atoms. The van der Waals surface area contributed by atoms with E-state index >= 15 is 0 Å². The maximum Gasteiger partial charge on any atom is 0.266 e. The fraction of sp³-hybridized carbons (Fsp3) is 0.222. The summed E-state index contributed by atoms with van der Waals surface area (Å²) < 4.78 is 0. The number of hydrogen-bond acceptors (Lipinski definition) is 2. The van der Waals surface area contributed by atoms with Crippen molar-refractivity contribution < 1.29 is 9.59 Å². The van der Waals surface area contributed by atoms with Crippen molar-refractivity contribution >= 4 is 17.5 Å². The summed E-state index contributed by atoms with van der Waals surface area (Å²) >= 11 is 0. The normalized spacial score (nSPS) is 21.0. The zero-order chi connectivity index (χ0) is 14.4. The van der Waals surface area contributed by atoms with Gasteiger partial charge in [0.25, 0.3) is 11.8 Å². The van der Waals surface area contributed by atoms with Crippen LogP contribution in [0.4, 0.5) is 5.69 Å². The lowest BCUT2D eigenvalue weighted by Crippen LogP contribution is -2.31. The molecule has 0 radical (unpaired) electrons. The standard InChI is InChI=1S/C18H15NO2/c20-17-15-11-10-12-6-4-5-9-14(12)16(15)18(21)19(17)13-7-2-1-3-8-13/h1-3,5,7-9H,4,6,10-11H2. The first-order valence-electron chi connectivity index (χ1n) is 7.33. The van der Waals surface area contributed by atoms with E-state index in [1.165, 1.54) is 10.5 Å². The maximum absolute atomic E-state index is 12.8. The van der Waals surface area contributed by atoms with Crippen molar-refractivity contribution in [3.05, 3.63) is 64.8 Å². The molecule has 21 heavy (non-hydrogen) atoms. The highest BCUT2D eigenvalue weighted by Gasteiger charge is 2.42. The minimum Gasteiger partial charge on any atom is -0.269 e. The number of anilines is 1. The maximum atomic E-state index is 12.8. The first-order valence-corrected chi connectivity index (χ1v) is 7.33. The van der Waals surface area contributed by atoms with Crippen molar-refractivity contribution in [2.75, 3.05) is 4.90 Å². The van der Waals surface area contributed by atoms with Crippen molar-refractivity contribution in [2.24, 2.45) is 0 Å². The van der Waals surface area contributed by atoms with Gasteiger partial charge in [0.05, 0.1) is 11.3 Å². The molecule has 3 heteroatoms. The van der Waals surface area contributed by atoms with Gasteiger partial charge >= 0.3 is 0 Å². The largest absolute Gasteiger partial charge is 0.269 e. The van der Waals surface area contributed by atoms with Gasteiger partial charge in [-0.25, -0.2) is 4.90 Å². The fourth-order valence-corrected chi connectivity index (χ4v) is 3.40. The van der Waals surface area contributed by atoms with Crippen LogP contribution in [-0.2, 0) is 9.59 Å². The first kappa shape index (κ1) is 12.3. The van der Waals surface area contributed by atoms with Crippen LogP contribution in [0.15, 0.2) is 64.8 Å². The monoisotopic (exact) mass is 277 g/mol. The van der Waals surface area contributed by atoms with Crippen LogP contribution in [0, 0.1) is 0 Å². The average molecular weight is 277 g/mol. The Balaban J connectivity index is 1.81. The number of benzene rings is 1. The molecule has 3 nitrogen and oxygen atoms in total. The van der Waals surface area contributed by atoms with E-state index < -0.39 is 0 Å². The number of hydrogen-bond donors (Lipinski definition) is 0. The van der Waals surface area contributed by atoms with Gasteiger partial charge in [-0.2, -0.15) is 0 Å². The van der Waals surface area contributed by atoms with Crippen molar-refractivity contribution in [1.29, 1.82) is 0 Å². The van der Waals surface area contributed by atoms with Crippen LogP contribution in [0.25, 0.3) is 0 Å². The van der Waals surface area contributed by atoms with Gasteiger partial charge < -0.3 is 0 Å². The van der Waals surface area contributed by atoms with Gasteiger partial charge in [0.1, 0.15) is 0 Å². The second-order valence-electron chi connectivity index (χ2n) is 5.59. The predicted octanol–water partition coefficient (Wildman–Crippen LogP) is 3.30. The molecule has 0 bridgehead atoms. The lowest BCUT2D eigenvalue weighted by atomic mass is 9.82. The van der Waals surface area contributed by atoms with E-state index in [2.05, 4.69) is 6.08 Å². The molecule has 1 aromatic rings. The topological polar surface area (TPSA) is 37.4 Å². The highest BCUT2D eigenvalue weighted by molar-refractivity contribution is 6.34. The van der Waals surface area contributed by atoms with Crippen LogP contribution in [-0.4, -0.2) is 11.8 Å². The lowest BCUT2D eigenvalue weighted by molar-refractivity contribution is -0.120. The number of imide groups is 1. The molecular formula is C18H15NO2. The number of rotatable bonds is 1. The number of carbonyl (C=O) groups excluding carboxylic acids is 2. The molecule has 104 valence electrons. The Labute approximate surface area is 123 Å². The number of para-hydroxylation sites is 1. The number of carbonyl (C=O) groups is 2. The van der Waals surface area contributed by atoms with E-state index in [4.69, 9.17) is 0 Å². The molecule has 1 aliphatic heterocycles. The van der Waals surface area contributed by atoms with Crippen molar-refractivity contribution in [3.63, 3.8) is 0 Å². The zero-order valence-electron chi connectivity index (χ0n) is 11.6. The van der Waals surface area contributed by atoms with E-state index in [0.29, 0.717) is 23.3 Å². The quantitative estimate of drug-likeness (QED) is 0.739. The number of fused-ring (bicyclic) bond motifs is 1. The SMILES string of the molecule is O=C1C2=C(C(=O)N1c1ccccc1)C1=C(CCC=C1)CC2. The molecule has 0 saturated heterocycles. The van der Waals surface area contributed by atoms with Crippen LogP contribution in [0.3, 0.4) is 0 Å². The number of nitrogens with zero attached hydrogens (tertiary/aromatic N) is 1. The van der Waals surface area contributed by atoms with Gasteiger partial charge in [-0.1, -0.05) is 35.9 Å². The average Bonchev–Trinajstić information content (AvgIpc) is 2.80. The van der Waals surface area contributed by atoms with Crippen molar-refractivity contribution in [3.8, 4) is 0 Å². The Kier molecular flexibility index (Phi) is 2.67. The molecular weight excluding hydrogens is 262 g/mol. The second kappa shape index (κ2) is 4.55. The van der Waals surface area contributed by atoms with Gasteiger partial charge in [0.15, 0.2) is 0 Å². The van der Waals surface area contributed by atoms with Crippen molar-refractivity contribution in [2.45, 2.75) is 25.7 Å². The summed E-state index contributed by atoms with van der Waals surface area (Å²) in [4.78, 5) is 26.7. The summed E-state index contributed by atoms with van der Waals surface area (Å²) in [5.41, 5.74) is 4.31. The smallest absolute Gasteiger partial charge is 0.266 e. The van der Waals surface area contributed by atoms with Crippen LogP contribution in [0.1, 0.15) is 25.7 Å². The lowest BCUT2D eigenvalue weighted by Gasteiger charge is -2.21. The first-order chi connectivity index (χ1) is 10.3. The van der Waals surface area contributed by atoms with Crippen LogP contribution in [0.2, 0.25) is 0 Å². The Bertz CT molecular complexity index is 738. The van der Waals surface area contributed by atoms with E-state index in [0.717, 1.165) is 24.8 Å². The van der Waals surface area contributed by atoms with E-state index in [9.17, 15) is 9.59 Å². The minimum atomic E-state index is -0.167. The predicted molar refractivity (Wildman–Crippen MR) is 80.6 cm³/mol.